The average Bonchev–Trinajstić information content (AvgIpc) is 3.43. The van der Waals surface area contributed by atoms with Crippen LogP contribution >= 0.6 is 0 Å². The Balaban J connectivity index is 1.56. The second-order valence-corrected chi connectivity index (χ2v) is 9.41. The molecule has 198 valence electrons. The second-order valence-electron chi connectivity index (χ2n) is 9.41. The highest BCUT2D eigenvalue weighted by Crippen LogP contribution is 2.38. The summed E-state index contributed by atoms with van der Waals surface area (Å²) < 4.78 is 6.46. The Morgan fingerprint density at radius 1 is 1.23 bits per heavy atom. The van der Waals surface area contributed by atoms with E-state index in [0.717, 1.165) is 46.4 Å². The van der Waals surface area contributed by atoms with E-state index in [1.165, 1.54) is 0 Å². The van der Waals surface area contributed by atoms with Gasteiger partial charge in [0.05, 0.1) is 35.2 Å². The molecule has 39 heavy (non-hydrogen) atoms. The van der Waals surface area contributed by atoms with Crippen molar-refractivity contribution >= 4 is 34.3 Å². The van der Waals surface area contributed by atoms with Crippen molar-refractivity contribution in [2.24, 2.45) is 5.92 Å². The number of ether oxygens (including phenoxy) is 1. The molecule has 5 rings (SSSR count). The number of aromatic nitrogens is 3. The SMILES string of the molecule is Cc1ccnc(C=CC2CCCOC2N(c2ccc3cn[nH]c3c2)c2ccccc2C(=O)NCC#CCO)c1. The molecule has 2 atom stereocenters. The summed E-state index contributed by atoms with van der Waals surface area (Å²) in [6.45, 7) is 2.56. The summed E-state index contributed by atoms with van der Waals surface area (Å²) in [5, 5.41) is 20.0. The first-order chi connectivity index (χ1) is 19.1. The molecule has 1 aliphatic rings. The highest BCUT2D eigenvalue weighted by Gasteiger charge is 2.33. The number of H-pyrrole nitrogens is 1. The molecule has 2 aromatic heterocycles. The molecule has 2 unspecified atom stereocenters. The monoisotopic (exact) mass is 521 g/mol. The van der Waals surface area contributed by atoms with Gasteiger partial charge in [-0.15, -0.1) is 0 Å². The summed E-state index contributed by atoms with van der Waals surface area (Å²) in [6.07, 6.45) is 9.33. The molecule has 1 aliphatic heterocycles. The van der Waals surface area contributed by atoms with Crippen LogP contribution in [-0.4, -0.2) is 52.2 Å². The Labute approximate surface area is 227 Å². The number of hydrogen-bond donors (Lipinski definition) is 3. The highest BCUT2D eigenvalue weighted by atomic mass is 16.5. The van der Waals surface area contributed by atoms with E-state index in [2.05, 4.69) is 56.3 Å². The van der Waals surface area contributed by atoms with Gasteiger partial charge in [0.2, 0.25) is 0 Å². The van der Waals surface area contributed by atoms with Crippen LogP contribution < -0.4 is 10.2 Å². The summed E-state index contributed by atoms with van der Waals surface area (Å²) in [7, 11) is 0. The first-order valence-electron chi connectivity index (χ1n) is 13.0. The maximum absolute atomic E-state index is 13.3. The number of aliphatic hydroxyl groups is 1. The van der Waals surface area contributed by atoms with Gasteiger partial charge in [-0.3, -0.25) is 14.9 Å². The molecule has 3 heterocycles. The molecule has 8 nitrogen and oxygen atoms in total. The second kappa shape index (κ2) is 12.4. The number of nitrogens with zero attached hydrogens (tertiary/aromatic N) is 3. The quantitative estimate of drug-likeness (QED) is 0.307. The normalized spacial score (nSPS) is 17.1. The number of pyridine rings is 1. The third-order valence-corrected chi connectivity index (χ3v) is 6.70. The minimum absolute atomic E-state index is 0.0464. The number of aryl methyl sites for hydroxylation is 1. The minimum Gasteiger partial charge on any atom is -0.384 e. The van der Waals surface area contributed by atoms with Crippen LogP contribution in [0, 0.1) is 24.7 Å². The summed E-state index contributed by atoms with van der Waals surface area (Å²) in [6, 6.07) is 17.6. The summed E-state index contributed by atoms with van der Waals surface area (Å²) in [4.78, 5) is 19.9. The first-order valence-corrected chi connectivity index (χ1v) is 13.0. The van der Waals surface area contributed by atoms with E-state index < -0.39 is 0 Å². The van der Waals surface area contributed by atoms with Crippen molar-refractivity contribution in [1.29, 1.82) is 0 Å². The number of para-hydroxylation sites is 1. The number of fused-ring (bicyclic) bond motifs is 1. The van der Waals surface area contributed by atoms with E-state index in [0.29, 0.717) is 12.2 Å². The van der Waals surface area contributed by atoms with Crippen LogP contribution in [0.3, 0.4) is 0 Å². The van der Waals surface area contributed by atoms with E-state index in [1.54, 1.807) is 12.3 Å². The maximum Gasteiger partial charge on any atom is 0.254 e. The standard InChI is InChI=1S/C31H31N5O3/c1-22-14-16-32-25(19-22)12-10-23-7-6-18-39-31(23)36(26-13-11-24-21-34-35-28(24)20-26)29-9-3-2-8-27(29)30(38)33-15-4-5-17-37/h2-3,8-14,16,19-21,23,31,37H,6-7,15,17-18H2,1H3,(H,33,38)(H,34,35). The molecule has 0 radical (unpaired) electrons. The Morgan fingerprint density at radius 3 is 3.00 bits per heavy atom. The number of amides is 1. The molecule has 1 saturated heterocycles. The fourth-order valence-corrected chi connectivity index (χ4v) is 4.83. The summed E-state index contributed by atoms with van der Waals surface area (Å²) in [5.41, 5.74) is 5.05. The predicted molar refractivity (Wildman–Crippen MR) is 152 cm³/mol. The molecule has 3 N–H and O–H groups in total. The van der Waals surface area contributed by atoms with Crippen LogP contribution in [0.4, 0.5) is 11.4 Å². The number of aliphatic hydroxyl groups excluding tert-OH is 1. The van der Waals surface area contributed by atoms with Crippen LogP contribution in [-0.2, 0) is 4.74 Å². The van der Waals surface area contributed by atoms with E-state index in [-0.39, 0.29) is 31.2 Å². The van der Waals surface area contributed by atoms with Crippen molar-refractivity contribution in [2.45, 2.75) is 26.0 Å². The molecule has 0 aliphatic carbocycles. The molecule has 1 fully saturated rings. The Hall–Kier alpha value is -4.45. The van der Waals surface area contributed by atoms with Crippen molar-refractivity contribution in [2.75, 3.05) is 24.7 Å². The van der Waals surface area contributed by atoms with Gasteiger partial charge in [0.25, 0.3) is 5.91 Å². The highest BCUT2D eigenvalue weighted by molar-refractivity contribution is 6.01. The average molecular weight is 522 g/mol. The molecule has 0 spiro atoms. The number of carbonyl (C=O) groups excluding carboxylic acids is 1. The minimum atomic E-state index is -0.358. The molecule has 8 heteroatoms. The molecule has 4 aromatic rings. The summed E-state index contributed by atoms with van der Waals surface area (Å²) >= 11 is 0. The largest absolute Gasteiger partial charge is 0.384 e. The first kappa shape index (κ1) is 26.2. The van der Waals surface area contributed by atoms with Crippen LogP contribution in [0.2, 0.25) is 0 Å². The Kier molecular flexibility index (Phi) is 8.32. The summed E-state index contributed by atoms with van der Waals surface area (Å²) in [5.74, 6) is 5.10. The van der Waals surface area contributed by atoms with Crippen molar-refractivity contribution in [3.63, 3.8) is 0 Å². The predicted octanol–water partition coefficient (Wildman–Crippen LogP) is 4.60. The van der Waals surface area contributed by atoms with Crippen LogP contribution in [0.5, 0.6) is 0 Å². The number of carbonyl (C=O) groups is 1. The third kappa shape index (κ3) is 6.17. The fraction of sp³-hybridized carbons (Fsp3) is 0.258. The van der Waals surface area contributed by atoms with E-state index in [4.69, 9.17) is 9.84 Å². The van der Waals surface area contributed by atoms with E-state index in [9.17, 15) is 4.79 Å². The molecular formula is C31H31N5O3. The van der Waals surface area contributed by atoms with Gasteiger partial charge in [-0.1, -0.05) is 30.0 Å². The zero-order valence-corrected chi connectivity index (χ0v) is 21.8. The van der Waals surface area contributed by atoms with Gasteiger partial charge in [0.15, 0.2) is 0 Å². The fourth-order valence-electron chi connectivity index (χ4n) is 4.83. The van der Waals surface area contributed by atoms with Crippen molar-refractivity contribution in [1.82, 2.24) is 20.5 Å². The van der Waals surface area contributed by atoms with Gasteiger partial charge in [-0.05, 0) is 73.9 Å². The van der Waals surface area contributed by atoms with E-state index >= 15 is 0 Å². The Morgan fingerprint density at radius 2 is 2.13 bits per heavy atom. The molecule has 0 saturated carbocycles. The number of aromatic amines is 1. The maximum atomic E-state index is 13.3. The van der Waals surface area contributed by atoms with Gasteiger partial charge >= 0.3 is 0 Å². The molecule has 0 bridgehead atoms. The van der Waals surface area contributed by atoms with Crippen LogP contribution in [0.1, 0.15) is 34.5 Å². The number of nitrogens with one attached hydrogen (secondary N) is 2. The third-order valence-electron chi connectivity index (χ3n) is 6.70. The lowest BCUT2D eigenvalue weighted by molar-refractivity contribution is -0.00585. The lowest BCUT2D eigenvalue weighted by Gasteiger charge is -2.40. The van der Waals surface area contributed by atoms with Crippen molar-refractivity contribution in [3.8, 4) is 11.8 Å². The molecule has 2 aromatic carbocycles. The number of benzene rings is 2. The lowest BCUT2D eigenvalue weighted by atomic mass is 9.95. The van der Waals surface area contributed by atoms with Gasteiger partial charge in [0.1, 0.15) is 12.8 Å². The molecule has 1 amide bonds. The number of hydrogen-bond acceptors (Lipinski definition) is 6. The van der Waals surface area contributed by atoms with Gasteiger partial charge < -0.3 is 20.1 Å². The topological polar surface area (TPSA) is 103 Å². The molecular weight excluding hydrogens is 490 g/mol. The van der Waals surface area contributed by atoms with Crippen LogP contribution in [0.15, 0.2) is 73.1 Å². The van der Waals surface area contributed by atoms with Crippen LogP contribution in [0.25, 0.3) is 17.0 Å². The van der Waals surface area contributed by atoms with E-state index in [1.807, 2.05) is 54.7 Å². The van der Waals surface area contributed by atoms with Gasteiger partial charge in [-0.25, -0.2) is 0 Å². The lowest BCUT2D eigenvalue weighted by Crippen LogP contribution is -2.43. The van der Waals surface area contributed by atoms with Gasteiger partial charge in [-0.2, -0.15) is 5.10 Å². The Bertz CT molecular complexity index is 1530. The number of anilines is 2. The van der Waals surface area contributed by atoms with Crippen molar-refractivity contribution in [3.05, 3.63) is 89.9 Å². The van der Waals surface area contributed by atoms with Crippen molar-refractivity contribution < 1.29 is 14.6 Å². The smallest absolute Gasteiger partial charge is 0.254 e. The van der Waals surface area contributed by atoms with Gasteiger partial charge in [0, 0.05) is 29.8 Å². The zero-order chi connectivity index (χ0) is 27.0. The zero-order valence-electron chi connectivity index (χ0n) is 21.8. The number of rotatable bonds is 7.